The summed E-state index contributed by atoms with van der Waals surface area (Å²) in [6.45, 7) is 3.90. The minimum atomic E-state index is -0.128. The van der Waals surface area contributed by atoms with Crippen LogP contribution in [0.3, 0.4) is 0 Å². The summed E-state index contributed by atoms with van der Waals surface area (Å²) in [4.78, 5) is 20.5. The molecule has 1 fully saturated rings. The maximum absolute atomic E-state index is 12.6. The largest absolute Gasteiger partial charge is 0.348 e. The number of hydrogen-bond donors (Lipinski definition) is 1. The Morgan fingerprint density at radius 3 is 2.92 bits per heavy atom. The number of amides is 1. The molecule has 1 atom stereocenters. The maximum atomic E-state index is 12.6. The van der Waals surface area contributed by atoms with E-state index < -0.39 is 0 Å². The van der Waals surface area contributed by atoms with Crippen LogP contribution in [-0.2, 0) is 11.3 Å². The Labute approximate surface area is 163 Å². The lowest BCUT2D eigenvalue weighted by molar-refractivity contribution is -0.127. The van der Waals surface area contributed by atoms with Crippen LogP contribution >= 0.6 is 22.9 Å². The van der Waals surface area contributed by atoms with E-state index in [1.165, 1.54) is 0 Å². The summed E-state index contributed by atoms with van der Waals surface area (Å²) in [6.07, 6.45) is 8.46. The Kier molecular flexibility index (Phi) is 6.31. The third-order valence-electron chi connectivity index (χ3n) is 4.58. The fraction of sp³-hybridized carbons (Fsp3) is 0.400. The number of thiazole rings is 1. The van der Waals surface area contributed by atoms with Crippen molar-refractivity contribution in [3.8, 4) is 23.6 Å². The normalized spacial score (nSPS) is 17.7. The monoisotopic (exact) mass is 387 g/mol. The third-order valence-corrected chi connectivity index (χ3v) is 5.81. The first-order valence-corrected chi connectivity index (χ1v) is 9.95. The highest BCUT2D eigenvalue weighted by atomic mass is 35.5. The molecule has 0 bridgehead atoms. The van der Waals surface area contributed by atoms with Gasteiger partial charge in [0.15, 0.2) is 0 Å². The highest BCUT2D eigenvalue weighted by Gasteiger charge is 2.28. The van der Waals surface area contributed by atoms with Crippen LogP contribution in [0, 0.1) is 19.3 Å². The van der Waals surface area contributed by atoms with Gasteiger partial charge in [0, 0.05) is 15.5 Å². The molecule has 3 rings (SSSR count). The number of hydrogen-bond acceptors (Lipinski definition) is 4. The van der Waals surface area contributed by atoms with Crippen molar-refractivity contribution in [1.82, 2.24) is 15.2 Å². The van der Waals surface area contributed by atoms with Gasteiger partial charge in [-0.05, 0) is 38.4 Å². The number of nitrogens with one attached hydrogen (secondary N) is 1. The topological polar surface area (TPSA) is 45.2 Å². The van der Waals surface area contributed by atoms with Crippen molar-refractivity contribution in [3.63, 3.8) is 0 Å². The zero-order valence-corrected chi connectivity index (χ0v) is 16.4. The summed E-state index contributed by atoms with van der Waals surface area (Å²) in [5, 5.41) is 4.65. The first kappa shape index (κ1) is 18.9. The van der Waals surface area contributed by atoms with E-state index in [1.807, 2.05) is 31.2 Å². The molecule has 1 aliphatic rings. The molecule has 1 amide bonds. The molecule has 1 aliphatic heterocycles. The lowest BCUT2D eigenvalue weighted by Crippen LogP contribution is -2.49. The van der Waals surface area contributed by atoms with Gasteiger partial charge >= 0.3 is 0 Å². The van der Waals surface area contributed by atoms with Crippen LogP contribution < -0.4 is 5.32 Å². The Bertz CT molecular complexity index is 809. The summed E-state index contributed by atoms with van der Waals surface area (Å²) in [5.41, 5.74) is 1.98. The molecule has 1 unspecified atom stereocenters. The quantitative estimate of drug-likeness (QED) is 0.792. The number of carbonyl (C=O) groups excluding carboxylic acids is 1. The number of carbonyl (C=O) groups is 1. The van der Waals surface area contributed by atoms with Crippen molar-refractivity contribution in [2.24, 2.45) is 0 Å². The highest BCUT2D eigenvalue weighted by molar-refractivity contribution is 7.12. The van der Waals surface area contributed by atoms with Crippen molar-refractivity contribution >= 4 is 28.8 Å². The van der Waals surface area contributed by atoms with Crippen molar-refractivity contribution in [2.45, 2.75) is 38.8 Å². The average Bonchev–Trinajstić information content (AvgIpc) is 3.02. The van der Waals surface area contributed by atoms with Crippen LogP contribution in [0.4, 0.5) is 0 Å². The van der Waals surface area contributed by atoms with Crippen molar-refractivity contribution in [2.75, 3.05) is 13.1 Å². The van der Waals surface area contributed by atoms with E-state index in [0.717, 1.165) is 46.9 Å². The molecular formula is C20H22ClN3OS. The molecule has 2 heterocycles. The number of aryl methyl sites for hydroxylation is 1. The first-order valence-electron chi connectivity index (χ1n) is 8.76. The molecule has 1 aromatic heterocycles. The number of piperidine rings is 1. The Balaban J connectivity index is 1.64. The average molecular weight is 388 g/mol. The van der Waals surface area contributed by atoms with Crippen molar-refractivity contribution < 1.29 is 4.79 Å². The first-order chi connectivity index (χ1) is 12.6. The van der Waals surface area contributed by atoms with E-state index >= 15 is 0 Å². The molecule has 0 radical (unpaired) electrons. The van der Waals surface area contributed by atoms with E-state index in [2.05, 4.69) is 16.1 Å². The van der Waals surface area contributed by atoms with Gasteiger partial charge in [0.25, 0.3) is 0 Å². The number of aromatic nitrogens is 1. The molecule has 0 spiro atoms. The smallest absolute Gasteiger partial charge is 0.237 e. The predicted octanol–water partition coefficient (Wildman–Crippen LogP) is 3.88. The minimum Gasteiger partial charge on any atom is -0.348 e. The van der Waals surface area contributed by atoms with Gasteiger partial charge in [-0.1, -0.05) is 36.1 Å². The van der Waals surface area contributed by atoms with Crippen LogP contribution in [0.2, 0.25) is 5.02 Å². The van der Waals surface area contributed by atoms with E-state index in [4.69, 9.17) is 23.0 Å². The van der Waals surface area contributed by atoms with Gasteiger partial charge in [-0.3, -0.25) is 9.69 Å². The standard InChI is InChI=1S/C20H22ClN3OS/c1-3-11-24-12-5-4-6-17(24)20(25)22-13-18-23-19(14(2)26-18)15-7-9-16(21)10-8-15/h1,7-10,17H,4-6,11-13H2,2H3,(H,22,25). The van der Waals surface area contributed by atoms with Gasteiger partial charge < -0.3 is 5.32 Å². The van der Waals surface area contributed by atoms with Crippen LogP contribution in [-0.4, -0.2) is 34.9 Å². The molecule has 1 N–H and O–H groups in total. The fourth-order valence-corrected chi connectivity index (χ4v) is 4.30. The number of terminal acetylenes is 1. The molecular weight excluding hydrogens is 366 g/mol. The number of rotatable bonds is 5. The zero-order valence-electron chi connectivity index (χ0n) is 14.8. The second-order valence-electron chi connectivity index (χ2n) is 6.42. The Hall–Kier alpha value is -1.87. The van der Waals surface area contributed by atoms with Gasteiger partial charge in [-0.25, -0.2) is 4.98 Å². The SMILES string of the molecule is C#CCN1CCCCC1C(=O)NCc1nc(-c2ccc(Cl)cc2)c(C)s1. The van der Waals surface area contributed by atoms with E-state index in [-0.39, 0.29) is 11.9 Å². The van der Waals surface area contributed by atoms with E-state index in [0.29, 0.717) is 18.1 Å². The van der Waals surface area contributed by atoms with Crippen molar-refractivity contribution in [1.29, 1.82) is 0 Å². The van der Waals surface area contributed by atoms with Crippen LogP contribution in [0.25, 0.3) is 11.3 Å². The minimum absolute atomic E-state index is 0.0424. The van der Waals surface area contributed by atoms with Gasteiger partial charge in [0.05, 0.1) is 24.8 Å². The lowest BCUT2D eigenvalue weighted by Gasteiger charge is -2.33. The molecule has 2 aromatic rings. The number of nitrogens with zero attached hydrogens (tertiary/aromatic N) is 2. The van der Waals surface area contributed by atoms with Crippen LogP contribution in [0.15, 0.2) is 24.3 Å². The molecule has 1 aromatic carbocycles. The molecule has 0 saturated carbocycles. The van der Waals surface area contributed by atoms with Crippen molar-refractivity contribution in [3.05, 3.63) is 39.2 Å². The van der Waals surface area contributed by atoms with Gasteiger partial charge in [-0.2, -0.15) is 0 Å². The number of halogens is 1. The van der Waals surface area contributed by atoms with Crippen LogP contribution in [0.1, 0.15) is 29.1 Å². The summed E-state index contributed by atoms with van der Waals surface area (Å²) >= 11 is 7.56. The summed E-state index contributed by atoms with van der Waals surface area (Å²) in [7, 11) is 0. The summed E-state index contributed by atoms with van der Waals surface area (Å²) in [5.74, 6) is 2.70. The number of benzene rings is 1. The number of likely N-dealkylation sites (tertiary alicyclic amines) is 1. The second-order valence-corrected chi connectivity index (χ2v) is 8.15. The molecule has 136 valence electrons. The molecule has 26 heavy (non-hydrogen) atoms. The summed E-state index contributed by atoms with van der Waals surface area (Å²) < 4.78 is 0. The van der Waals surface area contributed by atoms with Crippen LogP contribution in [0.5, 0.6) is 0 Å². The Morgan fingerprint density at radius 1 is 1.42 bits per heavy atom. The Morgan fingerprint density at radius 2 is 2.19 bits per heavy atom. The highest BCUT2D eigenvalue weighted by Crippen LogP contribution is 2.28. The van der Waals surface area contributed by atoms with E-state index in [1.54, 1.807) is 11.3 Å². The zero-order chi connectivity index (χ0) is 18.5. The molecule has 0 aliphatic carbocycles. The van der Waals surface area contributed by atoms with Gasteiger partial charge in [-0.15, -0.1) is 17.8 Å². The fourth-order valence-electron chi connectivity index (χ4n) is 3.28. The van der Waals surface area contributed by atoms with Gasteiger partial charge in [0.2, 0.25) is 5.91 Å². The molecule has 6 heteroatoms. The maximum Gasteiger partial charge on any atom is 0.237 e. The second kappa shape index (κ2) is 8.68. The molecule has 4 nitrogen and oxygen atoms in total. The summed E-state index contributed by atoms with van der Waals surface area (Å²) in [6, 6.07) is 7.52. The molecule has 1 saturated heterocycles. The lowest BCUT2D eigenvalue weighted by atomic mass is 10.0. The van der Waals surface area contributed by atoms with E-state index in [9.17, 15) is 4.79 Å². The van der Waals surface area contributed by atoms with Gasteiger partial charge in [0.1, 0.15) is 5.01 Å². The predicted molar refractivity (Wildman–Crippen MR) is 107 cm³/mol. The third kappa shape index (κ3) is 4.45.